The average Bonchev–Trinajstić information content (AvgIpc) is 2.65. The van der Waals surface area contributed by atoms with Gasteiger partial charge in [0.1, 0.15) is 15.1 Å². The second-order valence-corrected chi connectivity index (χ2v) is 4.58. The van der Waals surface area contributed by atoms with Crippen LogP contribution in [0.25, 0.3) is 0 Å². The summed E-state index contributed by atoms with van der Waals surface area (Å²) in [6.07, 6.45) is 2.98. The van der Waals surface area contributed by atoms with Crippen LogP contribution >= 0.6 is 34.2 Å². The van der Waals surface area contributed by atoms with E-state index in [1.807, 2.05) is 29.6 Å². The van der Waals surface area contributed by atoms with Crippen LogP contribution in [0.1, 0.15) is 5.82 Å². The number of aromatic nitrogens is 5. The highest BCUT2D eigenvalue weighted by molar-refractivity contribution is 14.1. The molecule has 0 N–H and O–H groups in total. The Hall–Kier alpha value is -0.960. The molecule has 0 aromatic carbocycles. The molecule has 2 aromatic heterocycles. The Morgan fingerprint density at radius 3 is 2.88 bits per heavy atom. The van der Waals surface area contributed by atoms with Crippen molar-refractivity contribution in [1.29, 1.82) is 0 Å². The molecule has 84 valence electrons. The topological polar surface area (TPSA) is 65.6 Å². The molecule has 0 unspecified atom stereocenters. The Kier molecular flexibility index (Phi) is 3.24. The van der Waals surface area contributed by atoms with E-state index in [4.69, 9.17) is 11.6 Å². The van der Waals surface area contributed by atoms with E-state index in [2.05, 4.69) is 15.2 Å². The maximum atomic E-state index is 11.8. The molecular formula is C8H7ClIN5O. The van der Waals surface area contributed by atoms with Crippen LogP contribution in [-0.4, -0.2) is 24.3 Å². The van der Waals surface area contributed by atoms with E-state index in [9.17, 15) is 4.79 Å². The zero-order valence-corrected chi connectivity index (χ0v) is 11.2. The Morgan fingerprint density at radius 2 is 2.25 bits per heavy atom. The number of aryl methyl sites for hydroxylation is 1. The second kappa shape index (κ2) is 4.50. The van der Waals surface area contributed by atoms with Gasteiger partial charge in [0.2, 0.25) is 0 Å². The van der Waals surface area contributed by atoms with Gasteiger partial charge in [0.25, 0.3) is 5.56 Å². The van der Waals surface area contributed by atoms with Gasteiger partial charge in [0, 0.05) is 7.05 Å². The van der Waals surface area contributed by atoms with Crippen LogP contribution in [0.3, 0.4) is 0 Å². The maximum Gasteiger partial charge on any atom is 0.268 e. The van der Waals surface area contributed by atoms with Gasteiger partial charge in [0.15, 0.2) is 5.82 Å². The molecule has 8 heteroatoms. The van der Waals surface area contributed by atoms with Gasteiger partial charge >= 0.3 is 0 Å². The summed E-state index contributed by atoms with van der Waals surface area (Å²) in [5.74, 6) is 0.682. The predicted octanol–water partition coefficient (Wildman–Crippen LogP) is 0.678. The van der Waals surface area contributed by atoms with E-state index in [0.717, 1.165) is 0 Å². The Bertz CT molecular complexity index is 578. The van der Waals surface area contributed by atoms with Gasteiger partial charge in [0.05, 0.1) is 12.9 Å². The predicted molar refractivity (Wildman–Crippen MR) is 66.3 cm³/mol. The van der Waals surface area contributed by atoms with Crippen molar-refractivity contribution in [2.45, 2.75) is 6.54 Å². The van der Waals surface area contributed by atoms with E-state index in [1.54, 1.807) is 10.9 Å². The minimum absolute atomic E-state index is 0.177. The van der Waals surface area contributed by atoms with Gasteiger partial charge in [-0.1, -0.05) is 11.6 Å². The van der Waals surface area contributed by atoms with E-state index in [1.165, 1.54) is 10.9 Å². The minimum Gasteiger partial charge on any atom is -0.319 e. The lowest BCUT2D eigenvalue weighted by Crippen LogP contribution is -2.24. The third-order valence-corrected chi connectivity index (χ3v) is 3.63. The number of hydrogen-bond acceptors (Lipinski definition) is 4. The van der Waals surface area contributed by atoms with Crippen molar-refractivity contribution in [3.63, 3.8) is 0 Å². The number of halogens is 2. The molecule has 0 spiro atoms. The van der Waals surface area contributed by atoms with Crippen LogP contribution < -0.4 is 5.56 Å². The summed E-state index contributed by atoms with van der Waals surface area (Å²) >= 11 is 7.61. The molecule has 2 aromatic rings. The highest BCUT2D eigenvalue weighted by Gasteiger charge is 2.09. The molecule has 0 bridgehead atoms. The zero-order valence-electron chi connectivity index (χ0n) is 8.26. The molecule has 0 radical (unpaired) electrons. The average molecular weight is 352 g/mol. The second-order valence-electron chi connectivity index (χ2n) is 3.14. The highest BCUT2D eigenvalue weighted by Crippen LogP contribution is 2.09. The molecule has 2 rings (SSSR count). The third kappa shape index (κ3) is 2.09. The quantitative estimate of drug-likeness (QED) is 0.589. The molecule has 16 heavy (non-hydrogen) atoms. The van der Waals surface area contributed by atoms with Crippen molar-refractivity contribution in [3.05, 3.63) is 37.6 Å². The van der Waals surface area contributed by atoms with Crippen LogP contribution in [0.4, 0.5) is 0 Å². The summed E-state index contributed by atoms with van der Waals surface area (Å²) in [7, 11) is 1.81. The first-order valence-electron chi connectivity index (χ1n) is 4.33. The van der Waals surface area contributed by atoms with Gasteiger partial charge in [-0.15, -0.1) is 10.2 Å². The lowest BCUT2D eigenvalue weighted by Gasteiger charge is -2.05. The summed E-state index contributed by atoms with van der Waals surface area (Å²) in [6.45, 7) is 0.329. The molecule has 2 heterocycles. The fourth-order valence-electron chi connectivity index (χ4n) is 1.16. The van der Waals surface area contributed by atoms with Crippen LogP contribution in [0.5, 0.6) is 0 Å². The molecule has 0 saturated carbocycles. The largest absolute Gasteiger partial charge is 0.319 e. The fraction of sp³-hybridized carbons (Fsp3) is 0.250. The normalized spacial score (nSPS) is 10.7. The third-order valence-electron chi connectivity index (χ3n) is 2.06. The fourth-order valence-corrected chi connectivity index (χ4v) is 1.73. The van der Waals surface area contributed by atoms with Crippen molar-refractivity contribution in [2.24, 2.45) is 7.05 Å². The van der Waals surface area contributed by atoms with Crippen LogP contribution in [0.15, 0.2) is 17.4 Å². The van der Waals surface area contributed by atoms with Gasteiger partial charge in [-0.25, -0.2) is 4.98 Å². The van der Waals surface area contributed by atoms with Crippen LogP contribution in [-0.2, 0) is 13.6 Å². The SMILES string of the molecule is Cn1cnnc1Cn1cnc(Cl)c(I)c1=O. The standard InChI is InChI=1S/C8H7ClIN5O/c1-14-4-12-13-5(14)2-15-3-11-7(9)6(10)8(15)16/h3-4H,2H2,1H3. The summed E-state index contributed by atoms with van der Waals surface area (Å²) in [6, 6.07) is 0. The molecule has 0 amide bonds. The highest BCUT2D eigenvalue weighted by atomic mass is 127. The molecule has 0 atom stereocenters. The van der Waals surface area contributed by atoms with Crippen LogP contribution in [0.2, 0.25) is 5.15 Å². The van der Waals surface area contributed by atoms with Crippen molar-refractivity contribution in [3.8, 4) is 0 Å². The van der Waals surface area contributed by atoms with E-state index >= 15 is 0 Å². The van der Waals surface area contributed by atoms with Gasteiger partial charge < -0.3 is 4.57 Å². The maximum absolute atomic E-state index is 11.8. The first-order valence-corrected chi connectivity index (χ1v) is 5.78. The van der Waals surface area contributed by atoms with Gasteiger partial charge in [-0.3, -0.25) is 9.36 Å². The molecule has 0 fully saturated rings. The lowest BCUT2D eigenvalue weighted by molar-refractivity contribution is 0.661. The van der Waals surface area contributed by atoms with Crippen LogP contribution in [0, 0.1) is 3.57 Å². The summed E-state index contributed by atoms with van der Waals surface area (Å²) in [5.41, 5.74) is -0.177. The van der Waals surface area contributed by atoms with Crippen molar-refractivity contribution in [2.75, 3.05) is 0 Å². The zero-order chi connectivity index (χ0) is 11.7. The first-order chi connectivity index (χ1) is 7.59. The van der Waals surface area contributed by atoms with E-state index < -0.39 is 0 Å². The van der Waals surface area contributed by atoms with Gasteiger partial charge in [-0.05, 0) is 22.6 Å². The minimum atomic E-state index is -0.177. The van der Waals surface area contributed by atoms with Crippen molar-refractivity contribution >= 4 is 34.2 Å². The molecule has 0 saturated heterocycles. The molecule has 0 aliphatic heterocycles. The molecule has 0 aliphatic rings. The lowest BCUT2D eigenvalue weighted by atomic mass is 10.5. The number of rotatable bonds is 2. The monoisotopic (exact) mass is 351 g/mol. The number of nitrogens with zero attached hydrogens (tertiary/aromatic N) is 5. The Morgan fingerprint density at radius 1 is 1.50 bits per heavy atom. The first kappa shape index (κ1) is 11.5. The summed E-state index contributed by atoms with van der Waals surface area (Å²) in [5, 5.41) is 7.85. The van der Waals surface area contributed by atoms with Crippen molar-refractivity contribution in [1.82, 2.24) is 24.3 Å². The molecular weight excluding hydrogens is 344 g/mol. The smallest absolute Gasteiger partial charge is 0.268 e. The Labute approximate surface area is 109 Å². The van der Waals surface area contributed by atoms with E-state index in [-0.39, 0.29) is 10.7 Å². The van der Waals surface area contributed by atoms with Gasteiger partial charge in [-0.2, -0.15) is 0 Å². The van der Waals surface area contributed by atoms with E-state index in [0.29, 0.717) is 15.9 Å². The summed E-state index contributed by atoms with van der Waals surface area (Å²) in [4.78, 5) is 15.7. The summed E-state index contributed by atoms with van der Waals surface area (Å²) < 4.78 is 3.59. The van der Waals surface area contributed by atoms with Crippen molar-refractivity contribution < 1.29 is 0 Å². The molecule has 6 nitrogen and oxygen atoms in total. The Balaban J connectivity index is 2.40. The molecule has 0 aliphatic carbocycles. The number of hydrogen-bond donors (Lipinski definition) is 0.